The second kappa shape index (κ2) is 5.71. The highest BCUT2D eigenvalue weighted by atomic mass is 35.5. The van der Waals surface area contributed by atoms with Gasteiger partial charge in [-0.3, -0.25) is 4.79 Å². The summed E-state index contributed by atoms with van der Waals surface area (Å²) < 4.78 is 28.0. The summed E-state index contributed by atoms with van der Waals surface area (Å²) in [6, 6.07) is 4.30. The minimum atomic E-state index is -3.41. The van der Waals surface area contributed by atoms with Crippen LogP contribution in [0.25, 0.3) is 0 Å². The molecule has 1 saturated heterocycles. The van der Waals surface area contributed by atoms with Crippen LogP contribution in [-0.2, 0) is 19.4 Å². The van der Waals surface area contributed by atoms with Crippen LogP contribution >= 0.6 is 11.6 Å². The van der Waals surface area contributed by atoms with Gasteiger partial charge in [-0.25, -0.2) is 8.42 Å². The molecule has 1 unspecified atom stereocenters. The van der Waals surface area contributed by atoms with Crippen molar-refractivity contribution in [2.24, 2.45) is 5.92 Å². The molecule has 0 radical (unpaired) electrons. The topological polar surface area (TPSA) is 80.7 Å². The third-order valence-electron chi connectivity index (χ3n) is 3.33. The highest BCUT2D eigenvalue weighted by Gasteiger charge is 2.29. The maximum absolute atomic E-state index is 11.5. The van der Waals surface area contributed by atoms with Gasteiger partial charge in [-0.1, -0.05) is 17.7 Å². The lowest BCUT2D eigenvalue weighted by Crippen LogP contribution is -2.30. The van der Waals surface area contributed by atoms with Gasteiger partial charge in [0.15, 0.2) is 9.84 Å². The first-order valence-electron chi connectivity index (χ1n) is 6.09. The molecule has 0 amide bonds. The first kappa shape index (κ1) is 15.3. The van der Waals surface area contributed by atoms with Gasteiger partial charge < -0.3 is 9.84 Å². The van der Waals surface area contributed by atoms with Crippen LogP contribution in [0, 0.1) is 5.92 Å². The molecule has 0 saturated carbocycles. The lowest BCUT2D eigenvalue weighted by atomic mass is 9.88. The Morgan fingerprint density at radius 2 is 2.15 bits per heavy atom. The number of ether oxygens (including phenoxy) is 1. The van der Waals surface area contributed by atoms with E-state index in [1.807, 2.05) is 0 Å². The fraction of sp³-hybridized carbons (Fsp3) is 0.462. The molecule has 1 fully saturated rings. The molecule has 20 heavy (non-hydrogen) atoms. The summed E-state index contributed by atoms with van der Waals surface area (Å²) in [5.74, 6) is -1.42. The molecule has 1 atom stereocenters. The van der Waals surface area contributed by atoms with E-state index in [0.717, 1.165) is 6.26 Å². The Morgan fingerprint density at radius 3 is 2.55 bits per heavy atom. The summed E-state index contributed by atoms with van der Waals surface area (Å²) in [6.45, 7) is 1.14. The van der Waals surface area contributed by atoms with E-state index in [4.69, 9.17) is 16.3 Å². The lowest BCUT2D eigenvalue weighted by Gasteiger charge is -2.28. The van der Waals surface area contributed by atoms with Crippen molar-refractivity contribution in [2.45, 2.75) is 17.2 Å². The van der Waals surface area contributed by atoms with E-state index in [-0.39, 0.29) is 15.8 Å². The van der Waals surface area contributed by atoms with Crippen LogP contribution in [0.1, 0.15) is 17.9 Å². The van der Waals surface area contributed by atoms with Gasteiger partial charge in [0.05, 0.1) is 29.0 Å². The molecule has 110 valence electrons. The largest absolute Gasteiger partial charge is 0.481 e. The molecule has 1 aromatic rings. The normalized spacial score (nSPS) is 17.5. The number of carboxylic acid groups (broad SMARTS) is 1. The number of benzene rings is 1. The molecule has 7 heteroatoms. The summed E-state index contributed by atoms with van der Waals surface area (Å²) in [5.41, 5.74) is 0.516. The summed E-state index contributed by atoms with van der Waals surface area (Å²) in [7, 11) is -3.41. The average Bonchev–Trinajstić information content (AvgIpc) is 2.24. The number of aliphatic carboxylic acids is 1. The maximum Gasteiger partial charge on any atom is 0.310 e. The van der Waals surface area contributed by atoms with Gasteiger partial charge >= 0.3 is 5.97 Å². The zero-order valence-electron chi connectivity index (χ0n) is 10.9. The van der Waals surface area contributed by atoms with Gasteiger partial charge in [0.25, 0.3) is 0 Å². The SMILES string of the molecule is CS(=O)(=O)c1ccc(C(CC2COC2)C(=O)O)cc1Cl. The zero-order chi connectivity index (χ0) is 14.9. The molecule has 1 aliphatic rings. The molecule has 1 aromatic carbocycles. The number of halogens is 1. The predicted molar refractivity (Wildman–Crippen MR) is 73.9 cm³/mol. The van der Waals surface area contributed by atoms with Crippen molar-refractivity contribution in [1.29, 1.82) is 0 Å². The Bertz CT molecular complexity index is 622. The van der Waals surface area contributed by atoms with Gasteiger partial charge in [0.1, 0.15) is 0 Å². The van der Waals surface area contributed by atoms with Gasteiger partial charge in [-0.05, 0) is 24.1 Å². The summed E-state index contributed by atoms with van der Waals surface area (Å²) in [6.07, 6.45) is 1.53. The van der Waals surface area contributed by atoms with Crippen LogP contribution in [0.4, 0.5) is 0 Å². The monoisotopic (exact) mass is 318 g/mol. The molecular weight excluding hydrogens is 304 g/mol. The molecule has 1 heterocycles. The standard InChI is InChI=1S/C13H15ClO5S/c1-20(17,18)12-3-2-9(5-11(12)14)10(13(15)16)4-8-6-19-7-8/h2-3,5,8,10H,4,6-7H2,1H3,(H,15,16). The number of sulfone groups is 1. The molecule has 0 spiro atoms. The molecule has 1 aliphatic heterocycles. The van der Waals surface area contributed by atoms with E-state index in [1.165, 1.54) is 18.2 Å². The Morgan fingerprint density at radius 1 is 1.50 bits per heavy atom. The Labute approximate surface area is 122 Å². The number of carbonyl (C=O) groups is 1. The number of rotatable bonds is 5. The smallest absolute Gasteiger partial charge is 0.310 e. The van der Waals surface area contributed by atoms with Gasteiger partial charge in [0.2, 0.25) is 0 Å². The second-order valence-corrected chi connectivity index (χ2v) is 7.38. The van der Waals surface area contributed by atoms with Crippen LogP contribution in [0.5, 0.6) is 0 Å². The van der Waals surface area contributed by atoms with Gasteiger partial charge in [0, 0.05) is 12.2 Å². The third kappa shape index (κ3) is 3.31. The van der Waals surface area contributed by atoms with Crippen molar-refractivity contribution in [3.8, 4) is 0 Å². The Kier molecular flexibility index (Phi) is 4.36. The minimum absolute atomic E-state index is 0.0130. The van der Waals surface area contributed by atoms with E-state index in [0.29, 0.717) is 25.2 Å². The zero-order valence-corrected chi connectivity index (χ0v) is 12.4. The van der Waals surface area contributed by atoms with Crippen molar-refractivity contribution in [3.63, 3.8) is 0 Å². The molecule has 0 aromatic heterocycles. The minimum Gasteiger partial charge on any atom is -0.481 e. The number of hydrogen-bond donors (Lipinski definition) is 1. The Hall–Kier alpha value is -1.11. The van der Waals surface area contributed by atoms with Crippen molar-refractivity contribution >= 4 is 27.4 Å². The maximum atomic E-state index is 11.5. The fourth-order valence-corrected chi connectivity index (χ4v) is 3.51. The fourth-order valence-electron chi connectivity index (χ4n) is 2.17. The summed E-state index contributed by atoms with van der Waals surface area (Å²) >= 11 is 5.95. The number of hydrogen-bond acceptors (Lipinski definition) is 4. The van der Waals surface area contributed by atoms with Crippen molar-refractivity contribution in [1.82, 2.24) is 0 Å². The molecule has 0 bridgehead atoms. The van der Waals surface area contributed by atoms with Crippen molar-refractivity contribution in [2.75, 3.05) is 19.5 Å². The van der Waals surface area contributed by atoms with Crippen molar-refractivity contribution in [3.05, 3.63) is 28.8 Å². The van der Waals surface area contributed by atoms with Crippen molar-refractivity contribution < 1.29 is 23.1 Å². The molecular formula is C13H15ClO5S. The average molecular weight is 319 g/mol. The van der Waals surface area contributed by atoms with Gasteiger partial charge in [-0.15, -0.1) is 0 Å². The highest BCUT2D eigenvalue weighted by molar-refractivity contribution is 7.90. The lowest BCUT2D eigenvalue weighted by molar-refractivity contribution is -0.140. The van der Waals surface area contributed by atoms with E-state index < -0.39 is 21.7 Å². The highest BCUT2D eigenvalue weighted by Crippen LogP contribution is 2.31. The summed E-state index contributed by atoms with van der Waals surface area (Å²) in [4.78, 5) is 11.4. The first-order valence-corrected chi connectivity index (χ1v) is 8.36. The van der Waals surface area contributed by atoms with E-state index in [9.17, 15) is 18.3 Å². The quantitative estimate of drug-likeness (QED) is 0.897. The molecule has 0 aliphatic carbocycles. The first-order chi connectivity index (χ1) is 9.29. The van der Waals surface area contributed by atoms with Crippen LogP contribution in [0.3, 0.4) is 0 Å². The predicted octanol–water partition coefficient (Wildman–Crippen LogP) is 1.95. The third-order valence-corrected chi connectivity index (χ3v) is 4.91. The van der Waals surface area contributed by atoms with E-state index in [2.05, 4.69) is 0 Å². The van der Waals surface area contributed by atoms with E-state index in [1.54, 1.807) is 0 Å². The van der Waals surface area contributed by atoms with E-state index >= 15 is 0 Å². The molecule has 1 N–H and O–H groups in total. The van der Waals surface area contributed by atoms with Gasteiger partial charge in [-0.2, -0.15) is 0 Å². The second-order valence-electron chi connectivity index (χ2n) is 4.99. The van der Waals surface area contributed by atoms with Crippen LogP contribution in [-0.4, -0.2) is 39.0 Å². The van der Waals surface area contributed by atoms with Crippen LogP contribution in [0.15, 0.2) is 23.1 Å². The molecule has 5 nitrogen and oxygen atoms in total. The summed E-state index contributed by atoms with van der Waals surface area (Å²) in [5, 5.41) is 9.37. The number of carboxylic acids is 1. The molecule has 2 rings (SSSR count). The Balaban J connectivity index is 2.29. The van der Waals surface area contributed by atoms with Crippen LogP contribution in [0.2, 0.25) is 5.02 Å². The van der Waals surface area contributed by atoms with Crippen LogP contribution < -0.4 is 0 Å².